The molecule has 0 radical (unpaired) electrons. The van der Waals surface area contributed by atoms with E-state index in [1.165, 1.54) is 24.8 Å². The summed E-state index contributed by atoms with van der Waals surface area (Å²) in [4.78, 5) is 0. The summed E-state index contributed by atoms with van der Waals surface area (Å²) in [6.07, 6.45) is 5.01. The van der Waals surface area contributed by atoms with Gasteiger partial charge in [-0.3, -0.25) is 0 Å². The van der Waals surface area contributed by atoms with Crippen LogP contribution in [-0.2, 0) is 19.3 Å². The van der Waals surface area contributed by atoms with Crippen molar-refractivity contribution in [3.05, 3.63) is 34.9 Å². The van der Waals surface area contributed by atoms with Crippen LogP contribution in [0.3, 0.4) is 0 Å². The van der Waals surface area contributed by atoms with Gasteiger partial charge < -0.3 is 5.73 Å². The number of rotatable bonds is 4. The third-order valence-corrected chi connectivity index (χ3v) is 4.17. The second-order valence-corrected chi connectivity index (χ2v) is 5.93. The molecule has 17 heavy (non-hydrogen) atoms. The van der Waals surface area contributed by atoms with Crippen molar-refractivity contribution in [1.82, 2.24) is 0 Å². The van der Waals surface area contributed by atoms with Gasteiger partial charge in [0.25, 0.3) is 0 Å². The van der Waals surface area contributed by atoms with Crippen LogP contribution in [-0.4, -0.2) is 6.04 Å². The van der Waals surface area contributed by atoms with Crippen LogP contribution in [0.1, 0.15) is 43.9 Å². The van der Waals surface area contributed by atoms with E-state index in [4.69, 9.17) is 5.73 Å². The summed E-state index contributed by atoms with van der Waals surface area (Å²) in [5.74, 6) is 1.25. The smallest absolute Gasteiger partial charge is 0.00443 e. The predicted molar refractivity (Wildman–Crippen MR) is 74.1 cm³/mol. The van der Waals surface area contributed by atoms with Crippen LogP contribution in [0.15, 0.2) is 18.2 Å². The molecular weight excluding hydrogens is 206 g/mol. The summed E-state index contributed by atoms with van der Waals surface area (Å²) in [6.45, 7) is 6.70. The quantitative estimate of drug-likeness (QED) is 0.845. The summed E-state index contributed by atoms with van der Waals surface area (Å²) in [7, 11) is 0. The summed E-state index contributed by atoms with van der Waals surface area (Å²) < 4.78 is 0. The van der Waals surface area contributed by atoms with Gasteiger partial charge in [0.05, 0.1) is 0 Å². The van der Waals surface area contributed by atoms with Crippen molar-refractivity contribution < 1.29 is 0 Å². The molecular formula is C16H25N. The topological polar surface area (TPSA) is 26.0 Å². The molecule has 0 heterocycles. The van der Waals surface area contributed by atoms with Gasteiger partial charge in [-0.05, 0) is 61.1 Å². The molecule has 1 nitrogen and oxygen atoms in total. The molecule has 1 aromatic carbocycles. The lowest BCUT2D eigenvalue weighted by molar-refractivity contribution is 0.330. The molecule has 2 N–H and O–H groups in total. The number of hydrogen-bond donors (Lipinski definition) is 1. The standard InChI is InChI=1S/C16H25N/c1-11(2)16(12(3)17)10-13-7-8-14-5-4-6-15(14)9-13/h7-9,11-12,16H,4-6,10,17H2,1-3H3. The van der Waals surface area contributed by atoms with Crippen molar-refractivity contribution in [3.63, 3.8) is 0 Å². The third kappa shape index (κ3) is 2.90. The van der Waals surface area contributed by atoms with Crippen molar-refractivity contribution in [1.29, 1.82) is 0 Å². The van der Waals surface area contributed by atoms with Gasteiger partial charge >= 0.3 is 0 Å². The molecule has 2 rings (SSSR count). The second kappa shape index (κ2) is 5.22. The predicted octanol–water partition coefficient (Wildman–Crippen LogP) is 3.34. The van der Waals surface area contributed by atoms with Crippen LogP contribution < -0.4 is 5.73 Å². The summed E-state index contributed by atoms with van der Waals surface area (Å²) >= 11 is 0. The highest BCUT2D eigenvalue weighted by molar-refractivity contribution is 5.35. The van der Waals surface area contributed by atoms with Gasteiger partial charge in [0.2, 0.25) is 0 Å². The van der Waals surface area contributed by atoms with E-state index in [9.17, 15) is 0 Å². The lowest BCUT2D eigenvalue weighted by Crippen LogP contribution is -2.32. The number of benzene rings is 1. The van der Waals surface area contributed by atoms with Crippen LogP contribution >= 0.6 is 0 Å². The zero-order valence-electron chi connectivity index (χ0n) is 11.4. The van der Waals surface area contributed by atoms with Crippen molar-refractivity contribution in [2.75, 3.05) is 0 Å². The molecule has 2 unspecified atom stereocenters. The highest BCUT2D eigenvalue weighted by Crippen LogP contribution is 2.26. The third-order valence-electron chi connectivity index (χ3n) is 4.17. The Bertz CT molecular complexity index is 371. The number of aryl methyl sites for hydroxylation is 2. The Morgan fingerprint density at radius 1 is 1.12 bits per heavy atom. The maximum Gasteiger partial charge on any atom is 0.00443 e. The van der Waals surface area contributed by atoms with Gasteiger partial charge in [-0.2, -0.15) is 0 Å². The Hall–Kier alpha value is -0.820. The Morgan fingerprint density at radius 2 is 1.82 bits per heavy atom. The zero-order valence-corrected chi connectivity index (χ0v) is 11.4. The minimum atomic E-state index is 0.281. The number of fused-ring (bicyclic) bond motifs is 1. The number of nitrogens with two attached hydrogens (primary N) is 1. The lowest BCUT2D eigenvalue weighted by atomic mass is 9.84. The van der Waals surface area contributed by atoms with Gasteiger partial charge in [0, 0.05) is 6.04 Å². The fraction of sp³-hybridized carbons (Fsp3) is 0.625. The van der Waals surface area contributed by atoms with Crippen LogP contribution in [0.25, 0.3) is 0 Å². The summed E-state index contributed by atoms with van der Waals surface area (Å²) in [6, 6.07) is 7.33. The van der Waals surface area contributed by atoms with E-state index >= 15 is 0 Å². The van der Waals surface area contributed by atoms with Crippen LogP contribution in [0.5, 0.6) is 0 Å². The minimum Gasteiger partial charge on any atom is -0.328 e. The van der Waals surface area contributed by atoms with Gasteiger partial charge in [-0.15, -0.1) is 0 Å². The number of hydrogen-bond acceptors (Lipinski definition) is 1. The average molecular weight is 231 g/mol. The largest absolute Gasteiger partial charge is 0.328 e. The molecule has 0 aliphatic heterocycles. The van der Waals surface area contributed by atoms with E-state index in [0.29, 0.717) is 11.8 Å². The maximum absolute atomic E-state index is 6.10. The Kier molecular flexibility index (Phi) is 3.88. The first-order chi connectivity index (χ1) is 8.08. The fourth-order valence-electron chi connectivity index (χ4n) is 3.05. The van der Waals surface area contributed by atoms with Crippen molar-refractivity contribution >= 4 is 0 Å². The highest BCUT2D eigenvalue weighted by Gasteiger charge is 2.19. The van der Waals surface area contributed by atoms with E-state index in [2.05, 4.69) is 39.0 Å². The molecule has 1 aromatic rings. The van der Waals surface area contributed by atoms with Crippen LogP contribution in [0.4, 0.5) is 0 Å². The highest BCUT2D eigenvalue weighted by atomic mass is 14.6. The molecule has 0 saturated carbocycles. The maximum atomic E-state index is 6.10. The van der Waals surface area contributed by atoms with Crippen LogP contribution in [0, 0.1) is 11.8 Å². The first-order valence-electron chi connectivity index (χ1n) is 6.94. The first-order valence-corrected chi connectivity index (χ1v) is 6.94. The monoisotopic (exact) mass is 231 g/mol. The summed E-state index contributed by atoms with van der Waals surface area (Å²) in [5.41, 5.74) is 10.7. The van der Waals surface area contributed by atoms with Gasteiger partial charge in [-0.25, -0.2) is 0 Å². The zero-order chi connectivity index (χ0) is 12.4. The Balaban J connectivity index is 2.12. The van der Waals surface area contributed by atoms with E-state index in [1.807, 2.05) is 0 Å². The lowest BCUT2D eigenvalue weighted by Gasteiger charge is -2.25. The second-order valence-electron chi connectivity index (χ2n) is 5.93. The molecule has 0 amide bonds. The molecule has 0 bridgehead atoms. The fourth-order valence-corrected chi connectivity index (χ4v) is 3.05. The van der Waals surface area contributed by atoms with E-state index in [0.717, 1.165) is 6.42 Å². The van der Waals surface area contributed by atoms with Crippen molar-refractivity contribution in [2.24, 2.45) is 17.6 Å². The molecule has 2 atom stereocenters. The Labute approximate surface area is 105 Å². The normalized spacial score (nSPS) is 18.2. The molecule has 1 aliphatic rings. The molecule has 0 spiro atoms. The average Bonchev–Trinajstić information content (AvgIpc) is 2.71. The van der Waals surface area contributed by atoms with Crippen LogP contribution in [0.2, 0.25) is 0 Å². The molecule has 0 saturated heterocycles. The summed E-state index contributed by atoms with van der Waals surface area (Å²) in [5, 5.41) is 0. The van der Waals surface area contributed by atoms with Crippen molar-refractivity contribution in [2.45, 2.75) is 52.5 Å². The molecule has 0 aromatic heterocycles. The minimum absolute atomic E-state index is 0.281. The van der Waals surface area contributed by atoms with E-state index < -0.39 is 0 Å². The van der Waals surface area contributed by atoms with E-state index in [1.54, 1.807) is 11.1 Å². The SMILES string of the molecule is CC(C)C(Cc1ccc2c(c1)CCC2)C(C)N. The van der Waals surface area contributed by atoms with Crippen molar-refractivity contribution in [3.8, 4) is 0 Å². The van der Waals surface area contributed by atoms with Gasteiger partial charge in [0.1, 0.15) is 0 Å². The Morgan fingerprint density at radius 3 is 2.47 bits per heavy atom. The molecule has 1 aliphatic carbocycles. The molecule has 94 valence electrons. The molecule has 0 fully saturated rings. The van der Waals surface area contributed by atoms with E-state index in [-0.39, 0.29) is 6.04 Å². The first kappa shape index (κ1) is 12.6. The van der Waals surface area contributed by atoms with Gasteiger partial charge in [0.15, 0.2) is 0 Å². The van der Waals surface area contributed by atoms with Gasteiger partial charge in [-0.1, -0.05) is 32.0 Å². The molecule has 1 heteroatoms.